The van der Waals surface area contributed by atoms with Gasteiger partial charge in [0.1, 0.15) is 0 Å². The van der Waals surface area contributed by atoms with Gasteiger partial charge in [0.15, 0.2) is 0 Å². The highest BCUT2D eigenvalue weighted by molar-refractivity contribution is 6.06. The van der Waals surface area contributed by atoms with Crippen LogP contribution in [-0.4, -0.2) is 11.8 Å². The molecular weight excluding hydrogens is 326 g/mol. The van der Waals surface area contributed by atoms with Crippen LogP contribution < -0.4 is 16.4 Å². The first-order valence-corrected chi connectivity index (χ1v) is 8.21. The molecule has 4 N–H and O–H groups in total. The fourth-order valence-electron chi connectivity index (χ4n) is 2.50. The highest BCUT2D eigenvalue weighted by Gasteiger charge is 2.09. The number of hydrogen-bond donors (Lipinski definition) is 3. The molecule has 0 radical (unpaired) electrons. The summed E-state index contributed by atoms with van der Waals surface area (Å²) in [4.78, 5) is 24.4. The second-order valence-electron chi connectivity index (χ2n) is 5.83. The summed E-state index contributed by atoms with van der Waals surface area (Å²) in [6, 6.07) is 23.3. The van der Waals surface area contributed by atoms with Crippen molar-refractivity contribution in [2.75, 3.05) is 16.4 Å². The van der Waals surface area contributed by atoms with Gasteiger partial charge in [-0.1, -0.05) is 42.5 Å². The Morgan fingerprint density at radius 2 is 1.42 bits per heavy atom. The SMILES string of the molecule is Nc1ccccc1NC(=O)c1ccc(NC(=O)Cc2ccccc2)cc1. The van der Waals surface area contributed by atoms with E-state index in [9.17, 15) is 9.59 Å². The molecule has 5 nitrogen and oxygen atoms in total. The molecule has 2 amide bonds. The van der Waals surface area contributed by atoms with Crippen LogP contribution in [0.25, 0.3) is 0 Å². The minimum atomic E-state index is -0.259. The van der Waals surface area contributed by atoms with Crippen LogP contribution in [0.1, 0.15) is 15.9 Å². The van der Waals surface area contributed by atoms with Crippen LogP contribution in [0.15, 0.2) is 78.9 Å². The van der Waals surface area contributed by atoms with E-state index in [0.717, 1.165) is 5.56 Å². The highest BCUT2D eigenvalue weighted by Crippen LogP contribution is 2.18. The van der Waals surface area contributed by atoms with E-state index in [1.165, 1.54) is 0 Å². The lowest BCUT2D eigenvalue weighted by molar-refractivity contribution is -0.115. The van der Waals surface area contributed by atoms with Crippen molar-refractivity contribution >= 4 is 28.9 Å². The fourth-order valence-corrected chi connectivity index (χ4v) is 2.50. The number of rotatable bonds is 5. The smallest absolute Gasteiger partial charge is 0.255 e. The zero-order valence-corrected chi connectivity index (χ0v) is 14.1. The maximum Gasteiger partial charge on any atom is 0.255 e. The second kappa shape index (κ2) is 7.98. The lowest BCUT2D eigenvalue weighted by atomic mass is 10.1. The maximum atomic E-state index is 12.3. The predicted molar refractivity (Wildman–Crippen MR) is 104 cm³/mol. The van der Waals surface area contributed by atoms with Crippen molar-refractivity contribution in [2.24, 2.45) is 0 Å². The first-order valence-electron chi connectivity index (χ1n) is 8.21. The number of hydrogen-bond acceptors (Lipinski definition) is 3. The Balaban J connectivity index is 1.60. The van der Waals surface area contributed by atoms with Crippen molar-refractivity contribution in [3.8, 4) is 0 Å². The number of nitrogens with two attached hydrogens (primary N) is 1. The molecule has 0 atom stereocenters. The molecule has 0 aliphatic rings. The molecule has 5 heteroatoms. The van der Waals surface area contributed by atoms with Crippen molar-refractivity contribution in [3.05, 3.63) is 90.0 Å². The van der Waals surface area contributed by atoms with Gasteiger partial charge in [0.05, 0.1) is 17.8 Å². The highest BCUT2D eigenvalue weighted by atomic mass is 16.2. The summed E-state index contributed by atoms with van der Waals surface area (Å²) >= 11 is 0. The molecule has 0 aliphatic heterocycles. The van der Waals surface area contributed by atoms with E-state index in [4.69, 9.17) is 5.73 Å². The molecule has 0 fully saturated rings. The molecule has 3 aromatic carbocycles. The molecule has 3 rings (SSSR count). The quantitative estimate of drug-likeness (QED) is 0.617. The molecule has 0 saturated heterocycles. The number of carbonyl (C=O) groups excluding carboxylic acids is 2. The van der Waals surface area contributed by atoms with Crippen molar-refractivity contribution < 1.29 is 9.59 Å². The number of carbonyl (C=O) groups is 2. The topological polar surface area (TPSA) is 84.2 Å². The first-order chi connectivity index (χ1) is 12.6. The Labute approximate surface area is 151 Å². The second-order valence-corrected chi connectivity index (χ2v) is 5.83. The molecule has 0 aromatic heterocycles. The van der Waals surface area contributed by atoms with Gasteiger partial charge in [0.2, 0.25) is 5.91 Å². The van der Waals surface area contributed by atoms with Gasteiger partial charge in [-0.05, 0) is 42.0 Å². The Hall–Kier alpha value is -3.60. The van der Waals surface area contributed by atoms with Crippen LogP contribution in [0.3, 0.4) is 0 Å². The summed E-state index contributed by atoms with van der Waals surface area (Å²) in [7, 11) is 0. The third-order valence-electron chi connectivity index (χ3n) is 3.85. The average Bonchev–Trinajstić information content (AvgIpc) is 2.65. The van der Waals surface area contributed by atoms with Gasteiger partial charge >= 0.3 is 0 Å². The fraction of sp³-hybridized carbons (Fsp3) is 0.0476. The molecule has 0 bridgehead atoms. The summed E-state index contributed by atoms with van der Waals surface area (Å²) in [6.45, 7) is 0. The summed E-state index contributed by atoms with van der Waals surface area (Å²) < 4.78 is 0. The number of para-hydroxylation sites is 2. The summed E-state index contributed by atoms with van der Waals surface area (Å²) in [6.07, 6.45) is 0.302. The number of nitrogens with one attached hydrogen (secondary N) is 2. The minimum Gasteiger partial charge on any atom is -0.397 e. The van der Waals surface area contributed by atoms with E-state index in [2.05, 4.69) is 10.6 Å². The molecule has 0 heterocycles. The third kappa shape index (κ3) is 4.48. The predicted octanol–water partition coefficient (Wildman–Crippen LogP) is 3.70. The minimum absolute atomic E-state index is 0.106. The normalized spacial score (nSPS) is 10.2. The largest absolute Gasteiger partial charge is 0.397 e. The monoisotopic (exact) mass is 345 g/mol. The van der Waals surface area contributed by atoms with Crippen LogP contribution in [0, 0.1) is 0 Å². The van der Waals surface area contributed by atoms with E-state index in [-0.39, 0.29) is 11.8 Å². The Bertz CT molecular complexity index is 906. The lowest BCUT2D eigenvalue weighted by Gasteiger charge is -2.09. The number of amides is 2. The molecule has 26 heavy (non-hydrogen) atoms. The summed E-state index contributed by atoms with van der Waals surface area (Å²) in [5.74, 6) is -0.365. The summed E-state index contributed by atoms with van der Waals surface area (Å²) in [5.41, 5.74) is 8.97. The first kappa shape index (κ1) is 17.2. The molecule has 130 valence electrons. The number of nitrogen functional groups attached to an aromatic ring is 1. The number of benzene rings is 3. The third-order valence-corrected chi connectivity index (χ3v) is 3.85. The molecule has 0 saturated carbocycles. The Kier molecular flexibility index (Phi) is 5.29. The van der Waals surface area contributed by atoms with Crippen LogP contribution in [0.4, 0.5) is 17.1 Å². The van der Waals surface area contributed by atoms with Gasteiger partial charge < -0.3 is 16.4 Å². The van der Waals surface area contributed by atoms with E-state index >= 15 is 0 Å². The standard InChI is InChI=1S/C21H19N3O2/c22-18-8-4-5-9-19(18)24-21(26)16-10-12-17(13-11-16)23-20(25)14-15-6-2-1-3-7-15/h1-13H,14,22H2,(H,23,25)(H,24,26). The van der Waals surface area contributed by atoms with E-state index in [1.54, 1.807) is 48.5 Å². The van der Waals surface area contributed by atoms with Gasteiger partial charge in [0.25, 0.3) is 5.91 Å². The van der Waals surface area contributed by atoms with Gasteiger partial charge in [-0.2, -0.15) is 0 Å². The van der Waals surface area contributed by atoms with Crippen molar-refractivity contribution in [2.45, 2.75) is 6.42 Å². The van der Waals surface area contributed by atoms with Gasteiger partial charge in [-0.25, -0.2) is 0 Å². The van der Waals surface area contributed by atoms with E-state index in [0.29, 0.717) is 29.0 Å². The Morgan fingerprint density at radius 1 is 0.769 bits per heavy atom. The van der Waals surface area contributed by atoms with Crippen LogP contribution in [-0.2, 0) is 11.2 Å². The molecular formula is C21H19N3O2. The Morgan fingerprint density at radius 3 is 2.12 bits per heavy atom. The molecule has 0 spiro atoms. The maximum absolute atomic E-state index is 12.3. The summed E-state index contributed by atoms with van der Waals surface area (Å²) in [5, 5.41) is 5.59. The molecule has 0 aliphatic carbocycles. The van der Waals surface area contributed by atoms with Gasteiger partial charge in [-0.3, -0.25) is 9.59 Å². The molecule has 0 unspecified atom stereocenters. The van der Waals surface area contributed by atoms with Crippen LogP contribution in [0.5, 0.6) is 0 Å². The van der Waals surface area contributed by atoms with Crippen molar-refractivity contribution in [3.63, 3.8) is 0 Å². The zero-order chi connectivity index (χ0) is 18.4. The zero-order valence-electron chi connectivity index (χ0n) is 14.1. The van der Waals surface area contributed by atoms with E-state index in [1.807, 2.05) is 30.3 Å². The lowest BCUT2D eigenvalue weighted by Crippen LogP contribution is -2.15. The van der Waals surface area contributed by atoms with Crippen LogP contribution >= 0.6 is 0 Å². The average molecular weight is 345 g/mol. The van der Waals surface area contributed by atoms with Gasteiger partial charge in [-0.15, -0.1) is 0 Å². The molecule has 3 aromatic rings. The number of anilines is 3. The van der Waals surface area contributed by atoms with Crippen molar-refractivity contribution in [1.82, 2.24) is 0 Å². The van der Waals surface area contributed by atoms with Gasteiger partial charge in [0, 0.05) is 11.3 Å². The van der Waals surface area contributed by atoms with Crippen molar-refractivity contribution in [1.29, 1.82) is 0 Å². The van der Waals surface area contributed by atoms with E-state index < -0.39 is 0 Å². The van der Waals surface area contributed by atoms with Crippen LogP contribution in [0.2, 0.25) is 0 Å².